The van der Waals surface area contributed by atoms with Crippen LogP contribution in [0.2, 0.25) is 0 Å². The molecule has 0 aromatic rings. The molecule has 6 nitrogen and oxygen atoms in total. The number of rotatable bonds is 2. The van der Waals surface area contributed by atoms with Gasteiger partial charge in [0, 0.05) is 26.2 Å². The molecule has 0 radical (unpaired) electrons. The lowest BCUT2D eigenvalue weighted by Crippen LogP contribution is -2.59. The van der Waals surface area contributed by atoms with Gasteiger partial charge in [-0.3, -0.25) is 4.79 Å². The standard InChI is InChI=1S/C11H21N3O3S/c12-7-9-8-13-4-5-14(9)11(15)10-3-1-2-6-18(10,16)17/h9-10,13H,1-8,12H2. The lowest BCUT2D eigenvalue weighted by Gasteiger charge is -2.38. The van der Waals surface area contributed by atoms with Gasteiger partial charge in [0.05, 0.1) is 11.8 Å². The minimum Gasteiger partial charge on any atom is -0.335 e. The lowest BCUT2D eigenvalue weighted by molar-refractivity contribution is -0.133. The highest BCUT2D eigenvalue weighted by atomic mass is 32.2. The second kappa shape index (κ2) is 5.54. The largest absolute Gasteiger partial charge is 0.335 e. The van der Waals surface area contributed by atoms with Crippen LogP contribution in [-0.2, 0) is 14.6 Å². The summed E-state index contributed by atoms with van der Waals surface area (Å²) in [6.07, 6.45) is 1.95. The summed E-state index contributed by atoms with van der Waals surface area (Å²) < 4.78 is 23.9. The quantitative estimate of drug-likeness (QED) is 0.654. The summed E-state index contributed by atoms with van der Waals surface area (Å²) in [5.41, 5.74) is 5.65. The van der Waals surface area contributed by atoms with E-state index in [1.807, 2.05) is 0 Å². The van der Waals surface area contributed by atoms with Crippen LogP contribution in [0.5, 0.6) is 0 Å². The summed E-state index contributed by atoms with van der Waals surface area (Å²) in [5, 5.41) is 2.34. The second-order valence-electron chi connectivity index (χ2n) is 4.98. The fourth-order valence-electron chi connectivity index (χ4n) is 2.68. The fourth-order valence-corrected chi connectivity index (χ4v) is 4.54. The summed E-state index contributed by atoms with van der Waals surface area (Å²) in [6, 6.07) is -0.0802. The van der Waals surface area contributed by atoms with Crippen LogP contribution in [0.15, 0.2) is 0 Å². The van der Waals surface area contributed by atoms with Crippen molar-refractivity contribution in [3.63, 3.8) is 0 Å². The average Bonchev–Trinajstić information content (AvgIpc) is 2.37. The second-order valence-corrected chi connectivity index (χ2v) is 7.28. The molecule has 2 aliphatic heterocycles. The molecule has 0 spiro atoms. The molecule has 3 N–H and O–H groups in total. The molecule has 0 aromatic heterocycles. The van der Waals surface area contributed by atoms with E-state index in [4.69, 9.17) is 5.73 Å². The fraction of sp³-hybridized carbons (Fsp3) is 0.909. The molecule has 2 heterocycles. The van der Waals surface area contributed by atoms with Gasteiger partial charge in [0.15, 0.2) is 9.84 Å². The van der Waals surface area contributed by atoms with Crippen LogP contribution in [-0.4, -0.2) is 62.4 Å². The van der Waals surface area contributed by atoms with Crippen molar-refractivity contribution >= 4 is 15.7 Å². The molecule has 2 unspecified atom stereocenters. The van der Waals surface area contributed by atoms with E-state index in [0.29, 0.717) is 39.0 Å². The third-order valence-corrected chi connectivity index (χ3v) is 5.92. The van der Waals surface area contributed by atoms with Crippen molar-refractivity contribution in [2.24, 2.45) is 5.73 Å². The van der Waals surface area contributed by atoms with E-state index in [2.05, 4.69) is 5.32 Å². The van der Waals surface area contributed by atoms with Gasteiger partial charge in [-0.05, 0) is 12.8 Å². The van der Waals surface area contributed by atoms with Crippen molar-refractivity contribution in [1.82, 2.24) is 10.2 Å². The molecule has 104 valence electrons. The van der Waals surface area contributed by atoms with Crippen molar-refractivity contribution in [3.8, 4) is 0 Å². The third-order valence-electron chi connectivity index (χ3n) is 3.76. The summed E-state index contributed by atoms with van der Waals surface area (Å²) in [4.78, 5) is 14.1. The number of nitrogens with zero attached hydrogens (tertiary/aromatic N) is 1. The predicted octanol–water partition coefficient (Wildman–Crippen LogP) is -1.29. The highest BCUT2D eigenvalue weighted by molar-refractivity contribution is 7.92. The van der Waals surface area contributed by atoms with Crippen LogP contribution in [0.3, 0.4) is 0 Å². The Kier molecular flexibility index (Phi) is 4.24. The first-order valence-corrected chi connectivity index (χ1v) is 8.20. The Balaban J connectivity index is 2.14. The first-order chi connectivity index (χ1) is 8.56. The Morgan fingerprint density at radius 1 is 1.39 bits per heavy atom. The molecule has 2 atom stereocenters. The van der Waals surface area contributed by atoms with Gasteiger partial charge < -0.3 is 16.0 Å². The zero-order valence-electron chi connectivity index (χ0n) is 10.5. The summed E-state index contributed by atoms with van der Waals surface area (Å²) in [6.45, 7) is 2.27. The molecule has 2 fully saturated rings. The van der Waals surface area contributed by atoms with E-state index in [9.17, 15) is 13.2 Å². The first kappa shape index (κ1) is 13.8. The number of nitrogens with two attached hydrogens (primary N) is 1. The lowest BCUT2D eigenvalue weighted by atomic mass is 10.1. The smallest absolute Gasteiger partial charge is 0.241 e. The van der Waals surface area contributed by atoms with E-state index >= 15 is 0 Å². The number of hydrogen-bond acceptors (Lipinski definition) is 5. The number of piperazine rings is 1. The van der Waals surface area contributed by atoms with Crippen LogP contribution in [0.1, 0.15) is 19.3 Å². The number of nitrogens with one attached hydrogen (secondary N) is 1. The van der Waals surface area contributed by atoms with E-state index in [1.54, 1.807) is 4.90 Å². The number of carbonyl (C=O) groups excluding carboxylic acids is 1. The van der Waals surface area contributed by atoms with Gasteiger partial charge in [-0.2, -0.15) is 0 Å². The number of sulfone groups is 1. The summed E-state index contributed by atoms with van der Waals surface area (Å²) in [5.74, 6) is -0.102. The van der Waals surface area contributed by atoms with Crippen LogP contribution in [0.25, 0.3) is 0 Å². The highest BCUT2D eigenvalue weighted by Gasteiger charge is 2.39. The van der Waals surface area contributed by atoms with Gasteiger partial charge in [0.25, 0.3) is 0 Å². The van der Waals surface area contributed by atoms with E-state index < -0.39 is 15.1 Å². The number of carbonyl (C=O) groups is 1. The maximum atomic E-state index is 12.4. The minimum atomic E-state index is -3.26. The Labute approximate surface area is 108 Å². The van der Waals surface area contributed by atoms with Gasteiger partial charge in [0.2, 0.25) is 5.91 Å². The molecule has 2 rings (SSSR count). The Hall–Kier alpha value is -0.660. The van der Waals surface area contributed by atoms with E-state index in [1.165, 1.54) is 0 Å². The van der Waals surface area contributed by atoms with Crippen LogP contribution in [0.4, 0.5) is 0 Å². The van der Waals surface area contributed by atoms with Crippen molar-refractivity contribution < 1.29 is 13.2 Å². The number of amides is 1. The van der Waals surface area contributed by atoms with Gasteiger partial charge >= 0.3 is 0 Å². The Morgan fingerprint density at radius 2 is 2.17 bits per heavy atom. The molecule has 1 amide bonds. The third kappa shape index (κ3) is 2.67. The zero-order chi connectivity index (χ0) is 13.2. The SMILES string of the molecule is NCC1CNCCN1C(=O)C1CCCCS1(=O)=O. The molecule has 7 heteroatoms. The summed E-state index contributed by atoms with van der Waals surface area (Å²) in [7, 11) is -3.26. The normalized spacial score (nSPS) is 32.2. The molecule has 0 aliphatic carbocycles. The monoisotopic (exact) mass is 275 g/mol. The van der Waals surface area contributed by atoms with E-state index in [-0.39, 0.29) is 17.7 Å². The van der Waals surface area contributed by atoms with Gasteiger partial charge in [-0.25, -0.2) is 8.42 Å². The van der Waals surface area contributed by atoms with Gasteiger partial charge in [-0.15, -0.1) is 0 Å². The van der Waals surface area contributed by atoms with Crippen LogP contribution >= 0.6 is 0 Å². The topological polar surface area (TPSA) is 92.5 Å². The zero-order valence-corrected chi connectivity index (χ0v) is 11.3. The molecule has 0 aromatic carbocycles. The predicted molar refractivity (Wildman–Crippen MR) is 68.9 cm³/mol. The summed E-state index contributed by atoms with van der Waals surface area (Å²) >= 11 is 0. The van der Waals surface area contributed by atoms with E-state index in [0.717, 1.165) is 6.42 Å². The van der Waals surface area contributed by atoms with Crippen LogP contribution in [0, 0.1) is 0 Å². The maximum Gasteiger partial charge on any atom is 0.241 e. The van der Waals surface area contributed by atoms with Crippen LogP contribution < -0.4 is 11.1 Å². The minimum absolute atomic E-state index is 0.0802. The Morgan fingerprint density at radius 3 is 2.83 bits per heavy atom. The number of hydrogen-bond donors (Lipinski definition) is 2. The van der Waals surface area contributed by atoms with Gasteiger partial charge in [-0.1, -0.05) is 6.42 Å². The van der Waals surface area contributed by atoms with Crippen molar-refractivity contribution in [2.75, 3.05) is 31.9 Å². The molecular weight excluding hydrogens is 254 g/mol. The molecule has 2 aliphatic rings. The van der Waals surface area contributed by atoms with Crippen molar-refractivity contribution in [2.45, 2.75) is 30.6 Å². The molecule has 18 heavy (non-hydrogen) atoms. The maximum absolute atomic E-state index is 12.4. The highest BCUT2D eigenvalue weighted by Crippen LogP contribution is 2.22. The molecule has 2 saturated heterocycles. The molecular formula is C11H21N3O3S. The average molecular weight is 275 g/mol. The Bertz CT molecular complexity index is 410. The van der Waals surface area contributed by atoms with Crippen molar-refractivity contribution in [3.05, 3.63) is 0 Å². The molecule has 0 saturated carbocycles. The van der Waals surface area contributed by atoms with Crippen molar-refractivity contribution in [1.29, 1.82) is 0 Å². The first-order valence-electron chi connectivity index (χ1n) is 6.49. The molecule has 0 bridgehead atoms. The van der Waals surface area contributed by atoms with Gasteiger partial charge in [0.1, 0.15) is 5.25 Å².